The maximum Gasteiger partial charge on any atom is 0.337 e. The van der Waals surface area contributed by atoms with Gasteiger partial charge in [-0.05, 0) is 18.2 Å². The summed E-state index contributed by atoms with van der Waals surface area (Å²) in [4.78, 5) is 26.4. The molecule has 2 N–H and O–H groups in total. The second kappa shape index (κ2) is 6.00. The normalized spacial score (nSPS) is 10.0. The van der Waals surface area contributed by atoms with E-state index in [0.29, 0.717) is 5.75 Å². The van der Waals surface area contributed by atoms with E-state index >= 15 is 0 Å². The second-order valence-corrected chi connectivity index (χ2v) is 4.07. The van der Waals surface area contributed by atoms with Gasteiger partial charge in [0.2, 0.25) is 0 Å². The zero-order chi connectivity index (χ0) is 15.4. The molecule has 108 valence electrons. The lowest BCUT2D eigenvalue weighted by atomic mass is 10.2. The third-order valence-corrected chi connectivity index (χ3v) is 2.66. The topological polar surface area (TPSA) is 88.5 Å². The van der Waals surface area contributed by atoms with Crippen LogP contribution in [-0.4, -0.2) is 29.1 Å². The number of amides is 1. The molecule has 21 heavy (non-hydrogen) atoms. The zero-order valence-electron chi connectivity index (χ0n) is 11.0. The van der Waals surface area contributed by atoms with Crippen LogP contribution in [0, 0.1) is 5.82 Å². The van der Waals surface area contributed by atoms with Gasteiger partial charge >= 0.3 is 5.97 Å². The summed E-state index contributed by atoms with van der Waals surface area (Å²) in [5.41, 5.74) is -0.102. The molecule has 0 radical (unpaired) electrons. The van der Waals surface area contributed by atoms with Gasteiger partial charge in [0.25, 0.3) is 5.91 Å². The summed E-state index contributed by atoms with van der Waals surface area (Å²) >= 11 is 0. The van der Waals surface area contributed by atoms with E-state index in [0.717, 1.165) is 12.3 Å². The van der Waals surface area contributed by atoms with Crippen LogP contribution in [0.1, 0.15) is 20.7 Å². The number of nitrogens with one attached hydrogen (secondary N) is 1. The highest BCUT2D eigenvalue weighted by atomic mass is 19.1. The third kappa shape index (κ3) is 3.33. The standard InChI is InChI=1S/C14H11FN2O4/c1-21-10-2-3-11(12(15)5-10)13(18)17-9-4-8(14(19)20)6-16-7-9/h2-7H,1H3,(H,17,18)(H,19,20). The number of halogens is 1. The summed E-state index contributed by atoms with van der Waals surface area (Å²) in [5.74, 6) is -2.33. The van der Waals surface area contributed by atoms with E-state index in [1.807, 2.05) is 0 Å². The van der Waals surface area contributed by atoms with Crippen LogP contribution in [-0.2, 0) is 0 Å². The molecule has 1 amide bonds. The number of aromatic nitrogens is 1. The lowest BCUT2D eigenvalue weighted by Gasteiger charge is -2.07. The molecule has 0 atom stereocenters. The van der Waals surface area contributed by atoms with E-state index in [-0.39, 0.29) is 16.8 Å². The van der Waals surface area contributed by atoms with Gasteiger partial charge in [0.05, 0.1) is 30.1 Å². The molecular weight excluding hydrogens is 279 g/mol. The van der Waals surface area contributed by atoms with Gasteiger partial charge in [0.1, 0.15) is 11.6 Å². The molecular formula is C14H11FN2O4. The van der Waals surface area contributed by atoms with Gasteiger partial charge < -0.3 is 15.2 Å². The van der Waals surface area contributed by atoms with Crippen molar-refractivity contribution in [1.29, 1.82) is 0 Å². The number of nitrogens with zero attached hydrogens (tertiary/aromatic N) is 1. The minimum absolute atomic E-state index is 0.0806. The van der Waals surface area contributed by atoms with Crippen molar-refractivity contribution < 1.29 is 23.8 Å². The van der Waals surface area contributed by atoms with E-state index in [1.165, 1.54) is 31.5 Å². The predicted octanol–water partition coefficient (Wildman–Crippen LogP) is 2.18. The number of ether oxygens (including phenoxy) is 1. The van der Waals surface area contributed by atoms with Gasteiger partial charge in [0, 0.05) is 12.3 Å². The van der Waals surface area contributed by atoms with Crippen LogP contribution in [0.15, 0.2) is 36.7 Å². The Labute approximate surface area is 119 Å². The number of hydrogen-bond donors (Lipinski definition) is 2. The highest BCUT2D eigenvalue weighted by Crippen LogP contribution is 2.18. The van der Waals surface area contributed by atoms with Crippen LogP contribution in [0.4, 0.5) is 10.1 Å². The molecule has 0 spiro atoms. The number of carboxylic acids is 1. The Morgan fingerprint density at radius 1 is 1.29 bits per heavy atom. The second-order valence-electron chi connectivity index (χ2n) is 4.07. The molecule has 0 fully saturated rings. The minimum atomic E-state index is -1.17. The van der Waals surface area contributed by atoms with Crippen molar-refractivity contribution in [2.45, 2.75) is 0 Å². The van der Waals surface area contributed by atoms with Crippen LogP contribution < -0.4 is 10.1 Å². The fourth-order valence-electron chi connectivity index (χ4n) is 1.63. The van der Waals surface area contributed by atoms with E-state index in [1.54, 1.807) is 0 Å². The molecule has 2 aromatic rings. The first kappa shape index (κ1) is 14.4. The minimum Gasteiger partial charge on any atom is -0.497 e. The van der Waals surface area contributed by atoms with Gasteiger partial charge in [-0.25, -0.2) is 9.18 Å². The Hall–Kier alpha value is -2.96. The summed E-state index contributed by atoms with van der Waals surface area (Å²) in [7, 11) is 1.39. The Morgan fingerprint density at radius 2 is 2.05 bits per heavy atom. The van der Waals surface area contributed by atoms with E-state index in [2.05, 4.69) is 10.3 Å². The molecule has 0 saturated heterocycles. The maximum absolute atomic E-state index is 13.7. The molecule has 1 aromatic carbocycles. The molecule has 1 heterocycles. The molecule has 0 bridgehead atoms. The zero-order valence-corrected chi connectivity index (χ0v) is 11.0. The van der Waals surface area contributed by atoms with Crippen molar-refractivity contribution in [1.82, 2.24) is 4.98 Å². The van der Waals surface area contributed by atoms with Crippen LogP contribution in [0.25, 0.3) is 0 Å². The lowest BCUT2D eigenvalue weighted by Crippen LogP contribution is -2.14. The third-order valence-electron chi connectivity index (χ3n) is 2.66. The van der Waals surface area contributed by atoms with Crippen molar-refractivity contribution in [3.63, 3.8) is 0 Å². The molecule has 0 saturated carbocycles. The van der Waals surface area contributed by atoms with Crippen molar-refractivity contribution in [2.24, 2.45) is 0 Å². The molecule has 0 aliphatic heterocycles. The van der Waals surface area contributed by atoms with Gasteiger partial charge in [-0.3, -0.25) is 9.78 Å². The van der Waals surface area contributed by atoms with E-state index < -0.39 is 17.7 Å². The summed E-state index contributed by atoms with van der Waals surface area (Å²) in [5, 5.41) is 11.2. The number of rotatable bonds is 4. The van der Waals surface area contributed by atoms with Crippen molar-refractivity contribution in [3.8, 4) is 5.75 Å². The number of methoxy groups -OCH3 is 1. The average Bonchev–Trinajstić information content (AvgIpc) is 2.47. The Balaban J connectivity index is 2.22. The Bertz CT molecular complexity index is 703. The van der Waals surface area contributed by atoms with Gasteiger partial charge in [-0.1, -0.05) is 0 Å². The van der Waals surface area contributed by atoms with Crippen LogP contribution >= 0.6 is 0 Å². The monoisotopic (exact) mass is 290 g/mol. The predicted molar refractivity (Wildman–Crippen MR) is 72.1 cm³/mol. The first-order valence-corrected chi connectivity index (χ1v) is 5.84. The van der Waals surface area contributed by atoms with E-state index in [4.69, 9.17) is 9.84 Å². The summed E-state index contributed by atoms with van der Waals surface area (Å²) < 4.78 is 18.6. The first-order chi connectivity index (χ1) is 10.0. The highest BCUT2D eigenvalue weighted by Gasteiger charge is 2.14. The fourth-order valence-corrected chi connectivity index (χ4v) is 1.63. The lowest BCUT2D eigenvalue weighted by molar-refractivity contribution is 0.0696. The Kier molecular flexibility index (Phi) is 4.13. The SMILES string of the molecule is COc1ccc(C(=O)Nc2cncc(C(=O)O)c2)c(F)c1. The number of benzene rings is 1. The first-order valence-electron chi connectivity index (χ1n) is 5.84. The van der Waals surface area contributed by atoms with Crippen molar-refractivity contribution in [2.75, 3.05) is 12.4 Å². The molecule has 1 aromatic heterocycles. The smallest absolute Gasteiger partial charge is 0.337 e. The number of aromatic carboxylic acids is 1. The molecule has 0 aliphatic rings. The molecule has 2 rings (SSSR count). The average molecular weight is 290 g/mol. The van der Waals surface area contributed by atoms with Crippen molar-refractivity contribution in [3.05, 3.63) is 53.6 Å². The number of carbonyl (C=O) groups is 2. The van der Waals surface area contributed by atoms with Crippen LogP contribution in [0.5, 0.6) is 5.75 Å². The fraction of sp³-hybridized carbons (Fsp3) is 0.0714. The van der Waals surface area contributed by atoms with Gasteiger partial charge in [-0.15, -0.1) is 0 Å². The number of carboxylic acid groups (broad SMARTS) is 1. The maximum atomic E-state index is 13.7. The molecule has 7 heteroatoms. The van der Waals surface area contributed by atoms with Gasteiger partial charge in [0.15, 0.2) is 0 Å². The van der Waals surface area contributed by atoms with Crippen LogP contribution in [0.2, 0.25) is 0 Å². The van der Waals surface area contributed by atoms with Crippen molar-refractivity contribution >= 4 is 17.6 Å². The number of carbonyl (C=O) groups excluding carboxylic acids is 1. The van der Waals surface area contributed by atoms with Gasteiger partial charge in [-0.2, -0.15) is 0 Å². The largest absolute Gasteiger partial charge is 0.497 e. The number of pyridine rings is 1. The molecule has 0 aliphatic carbocycles. The van der Waals surface area contributed by atoms with E-state index in [9.17, 15) is 14.0 Å². The molecule has 0 unspecified atom stereocenters. The molecule has 6 nitrogen and oxygen atoms in total. The van der Waals surface area contributed by atoms with Crippen LogP contribution in [0.3, 0.4) is 0 Å². The quantitative estimate of drug-likeness (QED) is 0.901. The number of hydrogen-bond acceptors (Lipinski definition) is 4. The summed E-state index contributed by atoms with van der Waals surface area (Å²) in [6.45, 7) is 0. The summed E-state index contributed by atoms with van der Waals surface area (Å²) in [6, 6.07) is 5.04. The Morgan fingerprint density at radius 3 is 2.67 bits per heavy atom. The number of anilines is 1. The highest BCUT2D eigenvalue weighted by molar-refractivity contribution is 6.04. The summed E-state index contributed by atoms with van der Waals surface area (Å²) in [6.07, 6.45) is 2.41.